The molecule has 0 saturated carbocycles. The van der Waals surface area contributed by atoms with Gasteiger partial charge in [0.2, 0.25) is 0 Å². The van der Waals surface area contributed by atoms with E-state index in [4.69, 9.17) is 15.6 Å². The molecule has 1 fully saturated rings. The lowest BCUT2D eigenvalue weighted by atomic mass is 10.1. The number of hydrogen-bond donors (Lipinski definition) is 3. The van der Waals surface area contributed by atoms with Gasteiger partial charge in [-0.15, -0.1) is 0 Å². The first-order chi connectivity index (χ1) is 7.20. The summed E-state index contributed by atoms with van der Waals surface area (Å²) in [6.45, 7) is 3.50. The molecule has 0 unspecified atom stereocenters. The largest absolute Gasteiger partial charge is 0.480 e. The SMILES string of the molecule is N[C@@H](CCCOC[C@@H]1CCNC1)C(=O)O. The molecule has 0 spiro atoms. The third-order valence-corrected chi connectivity index (χ3v) is 2.64. The zero-order valence-corrected chi connectivity index (χ0v) is 8.95. The number of carboxylic acids is 1. The van der Waals surface area contributed by atoms with Crippen LogP contribution in [0.25, 0.3) is 0 Å². The highest BCUT2D eigenvalue weighted by Gasteiger charge is 2.14. The maximum atomic E-state index is 10.4. The van der Waals surface area contributed by atoms with Crippen molar-refractivity contribution in [2.24, 2.45) is 11.7 Å². The van der Waals surface area contributed by atoms with Crippen molar-refractivity contribution in [2.75, 3.05) is 26.3 Å². The molecule has 1 aliphatic heterocycles. The van der Waals surface area contributed by atoms with Gasteiger partial charge in [0.1, 0.15) is 6.04 Å². The molecule has 1 aliphatic rings. The zero-order valence-electron chi connectivity index (χ0n) is 8.95. The van der Waals surface area contributed by atoms with Crippen LogP contribution in [0, 0.1) is 5.92 Å². The van der Waals surface area contributed by atoms with Crippen molar-refractivity contribution in [2.45, 2.75) is 25.3 Å². The van der Waals surface area contributed by atoms with Crippen molar-refractivity contribution in [1.82, 2.24) is 5.32 Å². The molecular formula is C10H20N2O3. The average molecular weight is 216 g/mol. The maximum Gasteiger partial charge on any atom is 0.320 e. The molecule has 1 heterocycles. The van der Waals surface area contributed by atoms with E-state index < -0.39 is 12.0 Å². The predicted octanol–water partition coefficient (Wildman–Crippen LogP) is -0.195. The Morgan fingerprint density at radius 2 is 2.47 bits per heavy atom. The lowest BCUT2D eigenvalue weighted by Crippen LogP contribution is -2.30. The van der Waals surface area contributed by atoms with Gasteiger partial charge in [-0.05, 0) is 31.7 Å². The van der Waals surface area contributed by atoms with E-state index in [1.54, 1.807) is 0 Å². The second kappa shape index (κ2) is 6.76. The smallest absolute Gasteiger partial charge is 0.320 e. The van der Waals surface area contributed by atoms with Gasteiger partial charge in [-0.3, -0.25) is 4.79 Å². The van der Waals surface area contributed by atoms with Gasteiger partial charge in [-0.2, -0.15) is 0 Å². The van der Waals surface area contributed by atoms with Crippen LogP contribution in [0.4, 0.5) is 0 Å². The maximum absolute atomic E-state index is 10.4. The molecular weight excluding hydrogens is 196 g/mol. The van der Waals surface area contributed by atoms with Crippen LogP contribution >= 0.6 is 0 Å². The van der Waals surface area contributed by atoms with Crippen molar-refractivity contribution in [3.8, 4) is 0 Å². The van der Waals surface area contributed by atoms with E-state index in [1.807, 2.05) is 0 Å². The number of hydrogen-bond acceptors (Lipinski definition) is 4. The fourth-order valence-electron chi connectivity index (χ4n) is 1.64. The van der Waals surface area contributed by atoms with Crippen molar-refractivity contribution in [3.05, 3.63) is 0 Å². The Hall–Kier alpha value is -0.650. The first kappa shape index (κ1) is 12.4. The monoisotopic (exact) mass is 216 g/mol. The summed E-state index contributed by atoms with van der Waals surface area (Å²) in [6, 6.07) is -0.748. The van der Waals surface area contributed by atoms with Crippen LogP contribution in [0.15, 0.2) is 0 Å². The Kier molecular flexibility index (Phi) is 5.60. The van der Waals surface area contributed by atoms with E-state index in [-0.39, 0.29) is 0 Å². The Morgan fingerprint density at radius 1 is 1.67 bits per heavy atom. The van der Waals surface area contributed by atoms with Gasteiger partial charge in [0.05, 0.1) is 6.61 Å². The number of nitrogens with one attached hydrogen (secondary N) is 1. The molecule has 4 N–H and O–H groups in total. The summed E-state index contributed by atoms with van der Waals surface area (Å²) in [7, 11) is 0. The highest BCUT2D eigenvalue weighted by Crippen LogP contribution is 2.07. The van der Waals surface area contributed by atoms with Crippen molar-refractivity contribution < 1.29 is 14.6 Å². The molecule has 0 amide bonds. The quantitative estimate of drug-likeness (QED) is 0.513. The summed E-state index contributed by atoms with van der Waals surface area (Å²) >= 11 is 0. The summed E-state index contributed by atoms with van der Waals surface area (Å²) in [6.07, 6.45) is 2.38. The topological polar surface area (TPSA) is 84.6 Å². The summed E-state index contributed by atoms with van der Waals surface area (Å²) in [5.41, 5.74) is 5.36. The summed E-state index contributed by atoms with van der Waals surface area (Å²) in [5, 5.41) is 11.8. The molecule has 2 atom stereocenters. The molecule has 0 radical (unpaired) electrons. The summed E-state index contributed by atoms with van der Waals surface area (Å²) < 4.78 is 5.46. The third kappa shape index (κ3) is 5.11. The number of ether oxygens (including phenoxy) is 1. The van der Waals surface area contributed by atoms with E-state index in [1.165, 1.54) is 6.42 Å². The van der Waals surface area contributed by atoms with Crippen LogP contribution in [-0.4, -0.2) is 43.4 Å². The molecule has 88 valence electrons. The van der Waals surface area contributed by atoms with Crippen molar-refractivity contribution in [3.63, 3.8) is 0 Å². The van der Waals surface area contributed by atoms with E-state index in [0.29, 0.717) is 25.4 Å². The molecule has 0 aliphatic carbocycles. The fraction of sp³-hybridized carbons (Fsp3) is 0.900. The van der Waals surface area contributed by atoms with Gasteiger partial charge in [0, 0.05) is 13.2 Å². The summed E-state index contributed by atoms with van der Waals surface area (Å²) in [5.74, 6) is -0.312. The van der Waals surface area contributed by atoms with Gasteiger partial charge < -0.3 is 20.9 Å². The van der Waals surface area contributed by atoms with Gasteiger partial charge in [0.25, 0.3) is 0 Å². The number of carboxylic acid groups (broad SMARTS) is 1. The molecule has 0 aromatic heterocycles. The number of carbonyl (C=O) groups is 1. The molecule has 0 bridgehead atoms. The fourth-order valence-corrected chi connectivity index (χ4v) is 1.64. The van der Waals surface area contributed by atoms with E-state index in [2.05, 4.69) is 5.32 Å². The minimum atomic E-state index is -0.935. The lowest BCUT2D eigenvalue weighted by Gasteiger charge is -2.10. The van der Waals surface area contributed by atoms with Gasteiger partial charge in [-0.25, -0.2) is 0 Å². The second-order valence-corrected chi connectivity index (χ2v) is 4.02. The highest BCUT2D eigenvalue weighted by atomic mass is 16.5. The van der Waals surface area contributed by atoms with Crippen LogP contribution in [0.3, 0.4) is 0 Å². The Balaban J connectivity index is 1.90. The molecule has 0 aromatic carbocycles. The molecule has 15 heavy (non-hydrogen) atoms. The minimum Gasteiger partial charge on any atom is -0.480 e. The number of aliphatic carboxylic acids is 1. The van der Waals surface area contributed by atoms with Crippen LogP contribution in [0.2, 0.25) is 0 Å². The predicted molar refractivity (Wildman–Crippen MR) is 56.6 cm³/mol. The lowest BCUT2D eigenvalue weighted by molar-refractivity contribution is -0.138. The number of nitrogens with two attached hydrogens (primary N) is 1. The van der Waals surface area contributed by atoms with E-state index in [0.717, 1.165) is 19.7 Å². The highest BCUT2D eigenvalue weighted by molar-refractivity contribution is 5.72. The minimum absolute atomic E-state index is 0.484. The van der Waals surface area contributed by atoms with Crippen molar-refractivity contribution >= 4 is 5.97 Å². The Morgan fingerprint density at radius 3 is 3.07 bits per heavy atom. The van der Waals surface area contributed by atoms with Crippen LogP contribution in [0.1, 0.15) is 19.3 Å². The van der Waals surface area contributed by atoms with Gasteiger partial charge in [0.15, 0.2) is 0 Å². The first-order valence-electron chi connectivity index (χ1n) is 5.47. The Labute approximate surface area is 90.0 Å². The molecule has 0 aromatic rings. The molecule has 1 saturated heterocycles. The van der Waals surface area contributed by atoms with Crippen LogP contribution in [-0.2, 0) is 9.53 Å². The number of rotatable bonds is 7. The Bertz CT molecular complexity index is 193. The standard InChI is InChI=1S/C10H20N2O3/c11-9(10(13)14)2-1-5-15-7-8-3-4-12-6-8/h8-9,12H,1-7,11H2,(H,13,14)/t8-,9+/m1/s1. The van der Waals surface area contributed by atoms with Gasteiger partial charge >= 0.3 is 5.97 Å². The molecule has 5 nitrogen and oxygen atoms in total. The van der Waals surface area contributed by atoms with E-state index >= 15 is 0 Å². The average Bonchev–Trinajstić information content (AvgIpc) is 2.69. The summed E-state index contributed by atoms with van der Waals surface area (Å²) in [4.78, 5) is 10.4. The van der Waals surface area contributed by atoms with Gasteiger partial charge in [-0.1, -0.05) is 0 Å². The normalized spacial score (nSPS) is 22.9. The zero-order chi connectivity index (χ0) is 11.1. The third-order valence-electron chi connectivity index (χ3n) is 2.64. The van der Waals surface area contributed by atoms with Crippen LogP contribution in [0.5, 0.6) is 0 Å². The molecule has 5 heteroatoms. The second-order valence-electron chi connectivity index (χ2n) is 4.02. The molecule has 1 rings (SSSR count). The first-order valence-corrected chi connectivity index (χ1v) is 5.47. The van der Waals surface area contributed by atoms with Crippen molar-refractivity contribution in [1.29, 1.82) is 0 Å². The van der Waals surface area contributed by atoms with E-state index in [9.17, 15) is 4.79 Å². The van der Waals surface area contributed by atoms with Crippen LogP contribution < -0.4 is 11.1 Å².